The molecule has 0 saturated heterocycles. The van der Waals surface area contributed by atoms with Crippen LogP contribution in [0.15, 0.2) is 12.1 Å². The lowest BCUT2D eigenvalue weighted by molar-refractivity contribution is 0.364. The standard InChI is InChI=1S/C12H21NS/c1-5-10(6-2)12(13-4)11-8-7-9(3)14-11/h7-8,10,12-13H,5-6H2,1-4H3. The van der Waals surface area contributed by atoms with Crippen LogP contribution in [0.25, 0.3) is 0 Å². The maximum atomic E-state index is 3.44. The van der Waals surface area contributed by atoms with Crippen LogP contribution in [0.5, 0.6) is 0 Å². The predicted molar refractivity (Wildman–Crippen MR) is 64.9 cm³/mol. The topological polar surface area (TPSA) is 12.0 Å². The van der Waals surface area contributed by atoms with E-state index < -0.39 is 0 Å². The summed E-state index contributed by atoms with van der Waals surface area (Å²) in [7, 11) is 2.07. The minimum atomic E-state index is 0.545. The van der Waals surface area contributed by atoms with E-state index in [-0.39, 0.29) is 0 Å². The molecule has 0 radical (unpaired) electrons. The van der Waals surface area contributed by atoms with E-state index in [0.717, 1.165) is 5.92 Å². The summed E-state index contributed by atoms with van der Waals surface area (Å²) >= 11 is 1.92. The second-order valence-electron chi connectivity index (χ2n) is 3.79. The summed E-state index contributed by atoms with van der Waals surface area (Å²) in [6.45, 7) is 6.73. The maximum absolute atomic E-state index is 3.44. The van der Waals surface area contributed by atoms with Crippen molar-refractivity contribution in [1.29, 1.82) is 0 Å². The molecular weight excluding hydrogens is 190 g/mol. The Kier molecular flexibility index (Phi) is 4.63. The molecule has 1 aromatic rings. The second kappa shape index (κ2) is 5.52. The van der Waals surface area contributed by atoms with Gasteiger partial charge in [0.05, 0.1) is 0 Å². The van der Waals surface area contributed by atoms with E-state index in [1.807, 2.05) is 11.3 Å². The molecule has 0 aliphatic heterocycles. The van der Waals surface area contributed by atoms with Crippen LogP contribution in [0.2, 0.25) is 0 Å². The molecule has 1 N–H and O–H groups in total. The van der Waals surface area contributed by atoms with Crippen molar-refractivity contribution in [3.63, 3.8) is 0 Å². The van der Waals surface area contributed by atoms with Gasteiger partial charge in [0.15, 0.2) is 0 Å². The lowest BCUT2D eigenvalue weighted by Crippen LogP contribution is -2.23. The SMILES string of the molecule is CCC(CC)C(NC)c1ccc(C)s1. The molecule has 0 bridgehead atoms. The van der Waals surface area contributed by atoms with Gasteiger partial charge in [-0.15, -0.1) is 11.3 Å². The van der Waals surface area contributed by atoms with Crippen molar-refractivity contribution in [1.82, 2.24) is 5.32 Å². The second-order valence-corrected chi connectivity index (χ2v) is 5.11. The summed E-state index contributed by atoms with van der Waals surface area (Å²) in [6, 6.07) is 5.02. The monoisotopic (exact) mass is 211 g/mol. The molecule has 0 amide bonds. The first-order valence-electron chi connectivity index (χ1n) is 5.46. The van der Waals surface area contributed by atoms with Crippen LogP contribution >= 0.6 is 11.3 Å². The molecule has 80 valence electrons. The minimum Gasteiger partial charge on any atom is -0.312 e. The summed E-state index contributed by atoms with van der Waals surface area (Å²) in [6.07, 6.45) is 2.50. The van der Waals surface area contributed by atoms with Gasteiger partial charge in [-0.05, 0) is 32.0 Å². The summed E-state index contributed by atoms with van der Waals surface area (Å²) in [5, 5.41) is 3.44. The van der Waals surface area contributed by atoms with Gasteiger partial charge in [0.25, 0.3) is 0 Å². The molecule has 2 heteroatoms. The lowest BCUT2D eigenvalue weighted by Gasteiger charge is -2.23. The maximum Gasteiger partial charge on any atom is 0.0440 e. The predicted octanol–water partition coefficient (Wildman–Crippen LogP) is 3.75. The Hall–Kier alpha value is -0.340. The Morgan fingerprint density at radius 2 is 1.93 bits per heavy atom. The van der Waals surface area contributed by atoms with Gasteiger partial charge in [0.2, 0.25) is 0 Å². The molecule has 0 saturated carbocycles. The fraction of sp³-hybridized carbons (Fsp3) is 0.667. The zero-order chi connectivity index (χ0) is 10.6. The van der Waals surface area contributed by atoms with Crippen molar-refractivity contribution in [3.8, 4) is 0 Å². The number of hydrogen-bond donors (Lipinski definition) is 1. The average Bonchev–Trinajstić information content (AvgIpc) is 2.60. The molecule has 0 aromatic carbocycles. The molecule has 0 spiro atoms. The van der Waals surface area contributed by atoms with Crippen LogP contribution in [-0.4, -0.2) is 7.05 Å². The molecule has 1 atom stereocenters. The molecule has 14 heavy (non-hydrogen) atoms. The van der Waals surface area contributed by atoms with Gasteiger partial charge in [0.1, 0.15) is 0 Å². The van der Waals surface area contributed by atoms with Crippen molar-refractivity contribution >= 4 is 11.3 Å². The first kappa shape index (κ1) is 11.7. The molecule has 0 aliphatic rings. The smallest absolute Gasteiger partial charge is 0.0440 e. The first-order chi connectivity index (χ1) is 6.72. The molecule has 1 aromatic heterocycles. The summed E-state index contributed by atoms with van der Waals surface area (Å²) in [5.41, 5.74) is 0. The van der Waals surface area contributed by atoms with Crippen LogP contribution in [-0.2, 0) is 0 Å². The third kappa shape index (κ3) is 2.58. The third-order valence-electron chi connectivity index (χ3n) is 2.90. The molecule has 0 fully saturated rings. The molecule has 1 nitrogen and oxygen atoms in total. The molecular formula is C12H21NS. The highest BCUT2D eigenvalue weighted by Crippen LogP contribution is 2.31. The van der Waals surface area contributed by atoms with Crippen molar-refractivity contribution < 1.29 is 0 Å². The van der Waals surface area contributed by atoms with Crippen molar-refractivity contribution in [2.24, 2.45) is 5.92 Å². The Bertz CT molecular complexity index is 263. The highest BCUT2D eigenvalue weighted by molar-refractivity contribution is 7.12. The van der Waals surface area contributed by atoms with Gasteiger partial charge < -0.3 is 5.32 Å². The highest BCUT2D eigenvalue weighted by Gasteiger charge is 2.19. The van der Waals surface area contributed by atoms with Gasteiger partial charge in [-0.25, -0.2) is 0 Å². The largest absolute Gasteiger partial charge is 0.312 e. The normalized spacial score (nSPS) is 13.5. The van der Waals surface area contributed by atoms with E-state index in [1.165, 1.54) is 22.6 Å². The van der Waals surface area contributed by atoms with E-state index in [4.69, 9.17) is 0 Å². The average molecular weight is 211 g/mol. The van der Waals surface area contributed by atoms with Gasteiger partial charge >= 0.3 is 0 Å². The van der Waals surface area contributed by atoms with Crippen LogP contribution in [0.1, 0.15) is 42.5 Å². The van der Waals surface area contributed by atoms with E-state index in [0.29, 0.717) is 6.04 Å². The zero-order valence-corrected chi connectivity index (χ0v) is 10.4. The van der Waals surface area contributed by atoms with Crippen molar-refractivity contribution in [2.45, 2.75) is 39.7 Å². The van der Waals surface area contributed by atoms with E-state index in [2.05, 4.69) is 45.3 Å². The Morgan fingerprint density at radius 1 is 1.29 bits per heavy atom. The molecule has 1 heterocycles. The van der Waals surface area contributed by atoms with Crippen molar-refractivity contribution in [3.05, 3.63) is 21.9 Å². The minimum absolute atomic E-state index is 0.545. The van der Waals surface area contributed by atoms with Gasteiger partial charge in [-0.3, -0.25) is 0 Å². The van der Waals surface area contributed by atoms with Crippen molar-refractivity contribution in [2.75, 3.05) is 7.05 Å². The molecule has 0 aliphatic carbocycles. The number of rotatable bonds is 5. The van der Waals surface area contributed by atoms with Gasteiger partial charge in [-0.1, -0.05) is 26.7 Å². The quantitative estimate of drug-likeness (QED) is 0.782. The first-order valence-corrected chi connectivity index (χ1v) is 6.28. The number of aryl methyl sites for hydroxylation is 1. The fourth-order valence-electron chi connectivity index (χ4n) is 1.99. The van der Waals surface area contributed by atoms with Gasteiger partial charge in [0, 0.05) is 15.8 Å². The van der Waals surface area contributed by atoms with E-state index >= 15 is 0 Å². The van der Waals surface area contributed by atoms with Crippen LogP contribution in [0, 0.1) is 12.8 Å². The molecule has 1 rings (SSSR count). The Balaban J connectivity index is 2.80. The summed E-state index contributed by atoms with van der Waals surface area (Å²) in [5.74, 6) is 0.762. The fourth-order valence-corrected chi connectivity index (χ4v) is 3.07. The summed E-state index contributed by atoms with van der Waals surface area (Å²) < 4.78 is 0. The number of hydrogen-bond acceptors (Lipinski definition) is 2. The van der Waals surface area contributed by atoms with E-state index in [1.54, 1.807) is 0 Å². The zero-order valence-electron chi connectivity index (χ0n) is 9.63. The van der Waals surface area contributed by atoms with E-state index in [9.17, 15) is 0 Å². The molecule has 1 unspecified atom stereocenters. The Morgan fingerprint density at radius 3 is 2.29 bits per heavy atom. The van der Waals surface area contributed by atoms with Crippen LogP contribution < -0.4 is 5.32 Å². The number of thiophene rings is 1. The summed E-state index contributed by atoms with van der Waals surface area (Å²) in [4.78, 5) is 2.89. The Labute approximate surface area is 91.5 Å². The van der Waals surface area contributed by atoms with Gasteiger partial charge in [-0.2, -0.15) is 0 Å². The highest BCUT2D eigenvalue weighted by atomic mass is 32.1. The van der Waals surface area contributed by atoms with Crippen LogP contribution in [0.4, 0.5) is 0 Å². The number of nitrogens with one attached hydrogen (secondary N) is 1. The lowest BCUT2D eigenvalue weighted by atomic mass is 9.93. The third-order valence-corrected chi connectivity index (χ3v) is 3.98. The van der Waals surface area contributed by atoms with Crippen LogP contribution in [0.3, 0.4) is 0 Å².